The number of hydrogen-bond acceptors (Lipinski definition) is 6. The van der Waals surface area contributed by atoms with E-state index < -0.39 is 11.8 Å². The minimum Gasteiger partial charge on any atom is -0.493 e. The number of ketones is 1. The Bertz CT molecular complexity index is 1130. The van der Waals surface area contributed by atoms with Gasteiger partial charge >= 0.3 is 5.97 Å². The van der Waals surface area contributed by atoms with Crippen LogP contribution in [0.5, 0.6) is 11.5 Å². The van der Waals surface area contributed by atoms with Crippen LogP contribution in [-0.2, 0) is 20.9 Å². The molecular weight excluding hydrogens is 430 g/mol. The van der Waals surface area contributed by atoms with E-state index in [0.717, 1.165) is 29.7 Å². The van der Waals surface area contributed by atoms with Gasteiger partial charge in [0.1, 0.15) is 12.5 Å². The molecule has 0 saturated heterocycles. The summed E-state index contributed by atoms with van der Waals surface area (Å²) in [5, 5.41) is 0. The van der Waals surface area contributed by atoms with Crippen molar-refractivity contribution in [2.75, 3.05) is 7.11 Å². The minimum absolute atomic E-state index is 0.0493. The molecule has 0 N–H and O–H groups in total. The maximum Gasteiger partial charge on any atom is 0.315 e. The fourth-order valence-corrected chi connectivity index (χ4v) is 4.71. The Morgan fingerprint density at radius 1 is 1.09 bits per heavy atom. The van der Waals surface area contributed by atoms with Crippen LogP contribution in [0.3, 0.4) is 0 Å². The van der Waals surface area contributed by atoms with E-state index >= 15 is 0 Å². The van der Waals surface area contributed by atoms with Crippen molar-refractivity contribution in [1.82, 2.24) is 0 Å². The molecular formula is C28H31NO5. The smallest absolute Gasteiger partial charge is 0.315 e. The molecule has 34 heavy (non-hydrogen) atoms. The predicted molar refractivity (Wildman–Crippen MR) is 130 cm³/mol. The third-order valence-corrected chi connectivity index (χ3v) is 6.22. The molecule has 6 nitrogen and oxygen atoms in total. The summed E-state index contributed by atoms with van der Waals surface area (Å²) in [5.74, 6) is -0.299. The number of ether oxygens (including phenoxy) is 3. The van der Waals surface area contributed by atoms with Crippen molar-refractivity contribution in [2.24, 2.45) is 10.9 Å². The van der Waals surface area contributed by atoms with Crippen LogP contribution in [0.15, 0.2) is 64.8 Å². The second-order valence-electron chi connectivity index (χ2n) is 9.02. The molecule has 0 fully saturated rings. The largest absolute Gasteiger partial charge is 0.493 e. The highest BCUT2D eigenvalue weighted by Crippen LogP contribution is 2.45. The lowest BCUT2D eigenvalue weighted by molar-refractivity contribution is -0.150. The molecule has 1 heterocycles. The molecule has 2 atom stereocenters. The number of nitrogens with zero attached hydrogens (tertiary/aromatic N) is 1. The van der Waals surface area contributed by atoms with Gasteiger partial charge in [-0.05, 0) is 56.9 Å². The Balaban J connectivity index is 1.72. The monoisotopic (exact) mass is 461 g/mol. The lowest BCUT2D eigenvalue weighted by Gasteiger charge is -2.35. The summed E-state index contributed by atoms with van der Waals surface area (Å²) >= 11 is 0. The second-order valence-corrected chi connectivity index (χ2v) is 9.02. The van der Waals surface area contributed by atoms with Gasteiger partial charge in [-0.15, -0.1) is 0 Å². The molecule has 1 aliphatic carbocycles. The van der Waals surface area contributed by atoms with Crippen molar-refractivity contribution in [1.29, 1.82) is 0 Å². The molecule has 0 spiro atoms. The standard InChI is InChI=1S/C28H31NO5/c1-17(2)34-28(31)25-18(3)29-21-11-8-12-22(30)27(21)26(25)20-13-14-23(24(15-20)32-4)33-16-19-9-6-5-7-10-19/h5-7,9-10,13-15,17,25-26H,8,11-12,16H2,1-4H3/t25?,26-/m1/s1. The molecule has 2 aromatic rings. The summed E-state index contributed by atoms with van der Waals surface area (Å²) in [4.78, 5) is 30.9. The number of carbonyl (C=O) groups is 2. The fraction of sp³-hybridized carbons (Fsp3) is 0.393. The fourth-order valence-electron chi connectivity index (χ4n) is 4.71. The van der Waals surface area contributed by atoms with Gasteiger partial charge in [0.2, 0.25) is 0 Å². The molecule has 0 aromatic heterocycles. The molecule has 178 valence electrons. The van der Waals surface area contributed by atoms with Crippen molar-refractivity contribution in [2.45, 2.75) is 58.7 Å². The predicted octanol–water partition coefficient (Wildman–Crippen LogP) is 5.41. The zero-order chi connectivity index (χ0) is 24.2. The molecule has 4 rings (SSSR count). The number of hydrogen-bond donors (Lipinski definition) is 0. The normalized spacial score (nSPS) is 20.0. The number of methoxy groups -OCH3 is 1. The Kier molecular flexibility index (Phi) is 7.15. The van der Waals surface area contributed by atoms with Crippen LogP contribution < -0.4 is 9.47 Å². The van der Waals surface area contributed by atoms with Crippen molar-refractivity contribution in [3.8, 4) is 11.5 Å². The summed E-state index contributed by atoms with van der Waals surface area (Å²) < 4.78 is 17.2. The number of allylic oxidation sites excluding steroid dienone is 2. The van der Waals surface area contributed by atoms with Gasteiger partial charge in [-0.25, -0.2) is 0 Å². The summed E-state index contributed by atoms with van der Waals surface area (Å²) in [6.07, 6.45) is 1.71. The first kappa shape index (κ1) is 23.7. The van der Waals surface area contributed by atoms with E-state index in [4.69, 9.17) is 14.2 Å². The number of carbonyl (C=O) groups excluding carboxylic acids is 2. The van der Waals surface area contributed by atoms with Crippen LogP contribution in [0, 0.1) is 5.92 Å². The van der Waals surface area contributed by atoms with Gasteiger partial charge in [-0.2, -0.15) is 0 Å². The average molecular weight is 462 g/mol. The van der Waals surface area contributed by atoms with E-state index in [0.29, 0.717) is 35.8 Å². The van der Waals surface area contributed by atoms with E-state index in [9.17, 15) is 9.59 Å². The lowest BCUT2D eigenvalue weighted by atomic mass is 9.71. The quantitative estimate of drug-likeness (QED) is 0.516. The summed E-state index contributed by atoms with van der Waals surface area (Å²) in [6.45, 7) is 5.89. The first-order chi connectivity index (χ1) is 16.4. The zero-order valence-corrected chi connectivity index (χ0v) is 20.2. The van der Waals surface area contributed by atoms with E-state index in [1.807, 2.05) is 69.3 Å². The maximum atomic E-state index is 13.2. The number of Topliss-reactive ketones (excluding diaryl/α,β-unsaturated/α-hetero) is 1. The van der Waals surface area contributed by atoms with E-state index in [-0.39, 0.29) is 17.9 Å². The maximum absolute atomic E-state index is 13.2. The minimum atomic E-state index is -0.663. The summed E-state index contributed by atoms with van der Waals surface area (Å²) in [6, 6.07) is 15.5. The molecule has 2 aromatic carbocycles. The Labute approximate surface area is 200 Å². The van der Waals surface area contributed by atoms with Crippen LogP contribution in [-0.4, -0.2) is 30.7 Å². The van der Waals surface area contributed by atoms with Gasteiger partial charge in [0.25, 0.3) is 0 Å². The van der Waals surface area contributed by atoms with Crippen molar-refractivity contribution in [3.63, 3.8) is 0 Å². The van der Waals surface area contributed by atoms with Crippen molar-refractivity contribution < 1.29 is 23.8 Å². The molecule has 0 radical (unpaired) electrons. The SMILES string of the molecule is COc1cc([C@H]2C3=C(CCCC3=O)N=C(C)C2C(=O)OC(C)C)ccc1OCc1ccccc1. The van der Waals surface area contributed by atoms with Gasteiger partial charge in [0, 0.05) is 29.3 Å². The first-order valence-electron chi connectivity index (χ1n) is 11.8. The van der Waals surface area contributed by atoms with Gasteiger partial charge in [0.05, 0.1) is 13.2 Å². The van der Waals surface area contributed by atoms with E-state index in [2.05, 4.69) is 4.99 Å². The number of benzene rings is 2. The summed E-state index contributed by atoms with van der Waals surface area (Å²) in [7, 11) is 1.59. The Morgan fingerprint density at radius 3 is 2.56 bits per heavy atom. The van der Waals surface area contributed by atoms with Crippen LogP contribution in [0.4, 0.5) is 0 Å². The van der Waals surface area contributed by atoms with Crippen LogP contribution in [0.25, 0.3) is 0 Å². The molecule has 6 heteroatoms. The lowest BCUT2D eigenvalue weighted by Crippen LogP contribution is -2.38. The Hall–Kier alpha value is -3.41. The average Bonchev–Trinajstić information content (AvgIpc) is 2.82. The molecule has 1 unspecified atom stereocenters. The Morgan fingerprint density at radius 2 is 1.85 bits per heavy atom. The highest BCUT2D eigenvalue weighted by atomic mass is 16.5. The third kappa shape index (κ3) is 4.91. The summed E-state index contributed by atoms with van der Waals surface area (Å²) in [5.41, 5.74) is 3.95. The van der Waals surface area contributed by atoms with Gasteiger partial charge < -0.3 is 14.2 Å². The van der Waals surface area contributed by atoms with Crippen LogP contribution in [0.1, 0.15) is 57.1 Å². The molecule has 0 bridgehead atoms. The highest BCUT2D eigenvalue weighted by Gasteiger charge is 2.43. The molecule has 1 aliphatic heterocycles. The molecule has 0 saturated carbocycles. The van der Waals surface area contributed by atoms with Gasteiger partial charge in [0.15, 0.2) is 17.3 Å². The van der Waals surface area contributed by atoms with Crippen LogP contribution >= 0.6 is 0 Å². The molecule has 2 aliphatic rings. The van der Waals surface area contributed by atoms with Crippen LogP contribution in [0.2, 0.25) is 0 Å². The third-order valence-electron chi connectivity index (χ3n) is 6.22. The highest BCUT2D eigenvalue weighted by molar-refractivity contribution is 6.08. The topological polar surface area (TPSA) is 74.2 Å². The van der Waals surface area contributed by atoms with Crippen molar-refractivity contribution >= 4 is 17.5 Å². The van der Waals surface area contributed by atoms with E-state index in [1.165, 1.54) is 0 Å². The number of aliphatic imine (C=N–C) groups is 1. The van der Waals surface area contributed by atoms with Gasteiger partial charge in [-0.3, -0.25) is 14.6 Å². The van der Waals surface area contributed by atoms with E-state index in [1.54, 1.807) is 7.11 Å². The zero-order valence-electron chi connectivity index (χ0n) is 20.2. The van der Waals surface area contributed by atoms with Crippen molar-refractivity contribution in [3.05, 3.63) is 70.9 Å². The van der Waals surface area contributed by atoms with Gasteiger partial charge in [-0.1, -0.05) is 36.4 Å². The number of rotatable bonds is 7. The first-order valence-corrected chi connectivity index (χ1v) is 11.8. The number of esters is 1. The molecule has 0 amide bonds. The second kappa shape index (κ2) is 10.2.